The third kappa shape index (κ3) is 1.52. The Morgan fingerprint density at radius 2 is 2.33 bits per heavy atom. The molecule has 0 aliphatic carbocycles. The average Bonchev–Trinajstić information content (AvgIpc) is 2.76. The van der Waals surface area contributed by atoms with Crippen LogP contribution in [-0.2, 0) is 4.74 Å². The molecular weight excluding hydrogens is 254 g/mol. The molecule has 0 saturated carbocycles. The van der Waals surface area contributed by atoms with Crippen molar-refractivity contribution in [3.63, 3.8) is 0 Å². The Labute approximate surface area is 107 Å². The Bertz CT molecular complexity index is 766. The van der Waals surface area contributed by atoms with Crippen LogP contribution in [0.2, 0.25) is 5.15 Å². The summed E-state index contributed by atoms with van der Waals surface area (Å²) in [6, 6.07) is 5.25. The first-order valence-corrected chi connectivity index (χ1v) is 5.64. The summed E-state index contributed by atoms with van der Waals surface area (Å²) in [7, 11) is 1.35. The zero-order chi connectivity index (χ0) is 12.7. The van der Waals surface area contributed by atoms with Gasteiger partial charge in [-0.3, -0.25) is 4.98 Å². The third-order valence-corrected chi connectivity index (χ3v) is 3.10. The normalized spacial score (nSPS) is 11.0. The van der Waals surface area contributed by atoms with Gasteiger partial charge in [0, 0.05) is 5.39 Å². The predicted octanol–water partition coefficient (Wildman–Crippen LogP) is 1.97. The van der Waals surface area contributed by atoms with Crippen molar-refractivity contribution >= 4 is 39.5 Å². The van der Waals surface area contributed by atoms with E-state index in [1.165, 1.54) is 13.4 Å². The van der Waals surface area contributed by atoms with Gasteiger partial charge in [-0.2, -0.15) is 0 Å². The summed E-state index contributed by atoms with van der Waals surface area (Å²) < 4.78 is 4.68. The van der Waals surface area contributed by atoms with Gasteiger partial charge in [-0.15, -0.1) is 0 Å². The second-order valence-corrected chi connectivity index (χ2v) is 4.18. The molecule has 0 aliphatic heterocycles. The van der Waals surface area contributed by atoms with Crippen molar-refractivity contribution in [3.05, 3.63) is 35.2 Å². The predicted molar refractivity (Wildman–Crippen MR) is 66.5 cm³/mol. The lowest BCUT2D eigenvalue weighted by Crippen LogP contribution is -2.03. The number of carbonyl (C=O) groups is 1. The summed E-state index contributed by atoms with van der Waals surface area (Å²) in [5, 5.41) is 2.14. The summed E-state index contributed by atoms with van der Waals surface area (Å²) in [6.45, 7) is 0. The van der Waals surface area contributed by atoms with Gasteiger partial charge in [0.25, 0.3) is 0 Å². The number of hydrogen-bond acceptors (Lipinski definition) is 3. The maximum absolute atomic E-state index is 11.5. The van der Waals surface area contributed by atoms with Crippen LogP contribution in [0.1, 0.15) is 10.4 Å². The van der Waals surface area contributed by atoms with Crippen LogP contribution in [0.3, 0.4) is 0 Å². The monoisotopic (exact) mass is 262 g/mol. The lowest BCUT2D eigenvalue weighted by atomic mass is 10.1. The standard InChI is InChI=1S/C12H8ClN3O2/c1-18-12(17)6-2-3-7-8(4-6)16-11-9(7)10(13)14-5-15-11/h2-5H,1H3,(H,14,15,16)/p+1. The highest BCUT2D eigenvalue weighted by Gasteiger charge is 2.16. The van der Waals surface area contributed by atoms with Crippen molar-refractivity contribution in [2.45, 2.75) is 0 Å². The number of benzene rings is 1. The molecule has 0 atom stereocenters. The van der Waals surface area contributed by atoms with Crippen LogP contribution < -0.4 is 4.98 Å². The number of ether oxygens (including phenoxy) is 1. The maximum atomic E-state index is 11.5. The number of esters is 1. The molecule has 0 unspecified atom stereocenters. The minimum atomic E-state index is -0.372. The molecule has 6 heteroatoms. The molecule has 5 nitrogen and oxygen atoms in total. The van der Waals surface area contributed by atoms with Gasteiger partial charge in [-0.1, -0.05) is 4.98 Å². The van der Waals surface area contributed by atoms with E-state index in [4.69, 9.17) is 11.6 Å². The van der Waals surface area contributed by atoms with E-state index >= 15 is 0 Å². The average molecular weight is 263 g/mol. The van der Waals surface area contributed by atoms with E-state index in [1.54, 1.807) is 12.1 Å². The molecule has 0 bridgehead atoms. The van der Waals surface area contributed by atoms with Gasteiger partial charge in [-0.25, -0.2) is 9.78 Å². The van der Waals surface area contributed by atoms with E-state index in [9.17, 15) is 4.79 Å². The Balaban J connectivity index is 2.34. The zero-order valence-electron chi connectivity index (χ0n) is 9.45. The van der Waals surface area contributed by atoms with E-state index in [-0.39, 0.29) is 5.97 Å². The number of aromatic nitrogens is 3. The maximum Gasteiger partial charge on any atom is 0.337 e. The number of fused-ring (bicyclic) bond motifs is 3. The second-order valence-electron chi connectivity index (χ2n) is 3.82. The number of H-pyrrole nitrogens is 2. The lowest BCUT2D eigenvalue weighted by Gasteiger charge is -1.97. The largest absolute Gasteiger partial charge is 0.465 e. The van der Waals surface area contributed by atoms with Gasteiger partial charge in [0.2, 0.25) is 17.1 Å². The minimum absolute atomic E-state index is 0.372. The van der Waals surface area contributed by atoms with Crippen molar-refractivity contribution in [3.8, 4) is 0 Å². The molecule has 0 saturated heterocycles. The zero-order valence-corrected chi connectivity index (χ0v) is 10.2. The Morgan fingerprint density at radius 1 is 1.50 bits per heavy atom. The van der Waals surface area contributed by atoms with Crippen LogP contribution >= 0.6 is 11.6 Å². The smallest absolute Gasteiger partial charge is 0.337 e. The summed E-state index contributed by atoms with van der Waals surface area (Å²) in [6.07, 6.45) is 1.52. The van der Waals surface area contributed by atoms with Crippen molar-refractivity contribution in [1.29, 1.82) is 0 Å². The molecule has 3 rings (SSSR count). The fourth-order valence-electron chi connectivity index (χ4n) is 1.98. The second kappa shape index (κ2) is 3.96. The molecule has 18 heavy (non-hydrogen) atoms. The number of carbonyl (C=O) groups excluding carboxylic acids is 1. The molecular formula is C12H9ClN3O2+. The van der Waals surface area contributed by atoms with Crippen molar-refractivity contribution in [2.24, 2.45) is 0 Å². The van der Waals surface area contributed by atoms with Crippen LogP contribution in [0.4, 0.5) is 0 Å². The van der Waals surface area contributed by atoms with Crippen molar-refractivity contribution in [1.82, 2.24) is 9.97 Å². The Hall–Kier alpha value is -2.14. The number of hydrogen-bond donors (Lipinski definition) is 1. The molecule has 0 fully saturated rings. The lowest BCUT2D eigenvalue weighted by molar-refractivity contribution is -0.352. The first kappa shape index (κ1) is 11.0. The van der Waals surface area contributed by atoms with Crippen LogP contribution in [-0.4, -0.2) is 23.0 Å². The van der Waals surface area contributed by atoms with Crippen LogP contribution in [0, 0.1) is 0 Å². The number of halogens is 1. The fourth-order valence-corrected chi connectivity index (χ4v) is 2.23. The highest BCUT2D eigenvalue weighted by Crippen LogP contribution is 2.28. The van der Waals surface area contributed by atoms with Crippen molar-refractivity contribution in [2.75, 3.05) is 7.11 Å². The van der Waals surface area contributed by atoms with Gasteiger partial charge >= 0.3 is 5.97 Å². The SMILES string of the molecule is COC(=O)c1ccc2c(c1)[nH]c1[nH+]cnc(Cl)c12. The number of methoxy groups -OCH3 is 1. The topological polar surface area (TPSA) is 69.1 Å². The summed E-state index contributed by atoms with van der Waals surface area (Å²) in [5.74, 6) is -0.372. The van der Waals surface area contributed by atoms with Crippen LogP contribution in [0.15, 0.2) is 24.5 Å². The molecule has 0 spiro atoms. The van der Waals surface area contributed by atoms with E-state index in [0.29, 0.717) is 10.7 Å². The summed E-state index contributed by atoms with van der Waals surface area (Å²) in [5.41, 5.74) is 2.06. The van der Waals surface area contributed by atoms with Gasteiger partial charge in [0.05, 0.1) is 12.7 Å². The Morgan fingerprint density at radius 3 is 3.11 bits per heavy atom. The first-order chi connectivity index (χ1) is 8.70. The number of aromatic amines is 2. The quantitative estimate of drug-likeness (QED) is 0.538. The van der Waals surface area contributed by atoms with Crippen molar-refractivity contribution < 1.29 is 14.5 Å². The van der Waals surface area contributed by atoms with E-state index in [0.717, 1.165) is 21.9 Å². The van der Waals surface area contributed by atoms with Crippen LogP contribution in [0.5, 0.6) is 0 Å². The molecule has 90 valence electrons. The van der Waals surface area contributed by atoms with Gasteiger partial charge in [0.15, 0.2) is 0 Å². The number of nitrogens with zero attached hydrogens (tertiary/aromatic N) is 1. The number of nitrogens with one attached hydrogen (secondary N) is 2. The summed E-state index contributed by atoms with van der Waals surface area (Å²) in [4.78, 5) is 21.6. The van der Waals surface area contributed by atoms with E-state index < -0.39 is 0 Å². The molecule has 1 aromatic carbocycles. The van der Waals surface area contributed by atoms with E-state index in [2.05, 4.69) is 19.7 Å². The minimum Gasteiger partial charge on any atom is -0.465 e. The van der Waals surface area contributed by atoms with Gasteiger partial charge < -0.3 is 4.74 Å². The molecule has 2 N–H and O–H groups in total. The fraction of sp³-hybridized carbons (Fsp3) is 0.0833. The first-order valence-electron chi connectivity index (χ1n) is 5.26. The van der Waals surface area contributed by atoms with Gasteiger partial charge in [-0.05, 0) is 29.8 Å². The Kier molecular flexibility index (Phi) is 2.41. The molecule has 3 aromatic rings. The third-order valence-electron chi connectivity index (χ3n) is 2.81. The van der Waals surface area contributed by atoms with E-state index in [1.807, 2.05) is 6.07 Å². The molecule has 2 heterocycles. The van der Waals surface area contributed by atoms with Crippen LogP contribution in [0.25, 0.3) is 21.9 Å². The van der Waals surface area contributed by atoms with Gasteiger partial charge in [0.1, 0.15) is 10.9 Å². The molecule has 0 radical (unpaired) electrons. The highest BCUT2D eigenvalue weighted by molar-refractivity contribution is 6.36. The highest BCUT2D eigenvalue weighted by atomic mass is 35.5. The number of rotatable bonds is 1. The molecule has 0 amide bonds. The summed E-state index contributed by atoms with van der Waals surface area (Å²) >= 11 is 6.06. The molecule has 2 aromatic heterocycles. The molecule has 0 aliphatic rings.